The first-order valence-corrected chi connectivity index (χ1v) is 13.1. The number of nitrogens with zero attached hydrogens (tertiary/aromatic N) is 2. The van der Waals surface area contributed by atoms with Gasteiger partial charge in [0.25, 0.3) is 5.56 Å². The summed E-state index contributed by atoms with van der Waals surface area (Å²) in [4.78, 5) is 31.4. The van der Waals surface area contributed by atoms with Gasteiger partial charge in [0.05, 0.1) is 23.6 Å². The molecule has 3 aliphatic rings. The van der Waals surface area contributed by atoms with Crippen molar-refractivity contribution in [2.24, 2.45) is 5.92 Å². The first kappa shape index (κ1) is 21.7. The average Bonchev–Trinajstić information content (AvgIpc) is 3.47. The molecule has 5 rings (SSSR count). The first-order chi connectivity index (χ1) is 15.6. The summed E-state index contributed by atoms with van der Waals surface area (Å²) in [7, 11) is 0. The van der Waals surface area contributed by atoms with Gasteiger partial charge in [-0.1, -0.05) is 61.7 Å². The summed E-state index contributed by atoms with van der Waals surface area (Å²) in [5, 5.41) is 0.665. The molecule has 0 bridgehead atoms. The molecular weight excluding hydrogens is 420 g/mol. The average molecular weight is 453 g/mol. The molecule has 1 heterocycles. The van der Waals surface area contributed by atoms with Crippen LogP contribution in [0.2, 0.25) is 0 Å². The highest BCUT2D eigenvalue weighted by molar-refractivity contribution is 7.99. The van der Waals surface area contributed by atoms with Gasteiger partial charge in [-0.2, -0.15) is 0 Å². The van der Waals surface area contributed by atoms with E-state index in [4.69, 9.17) is 9.72 Å². The molecule has 0 N–H and O–H groups in total. The van der Waals surface area contributed by atoms with Gasteiger partial charge in [0, 0.05) is 17.5 Å². The Hall–Kier alpha value is -2.08. The molecule has 0 radical (unpaired) electrons. The van der Waals surface area contributed by atoms with Gasteiger partial charge in [0.15, 0.2) is 5.16 Å². The van der Waals surface area contributed by atoms with Crippen LogP contribution in [0.4, 0.5) is 0 Å². The Balaban J connectivity index is 1.64. The van der Waals surface area contributed by atoms with Gasteiger partial charge >= 0.3 is 5.97 Å². The SMILES string of the molecule is CCOC(=O)CSc1nc2c(c(=O)n1CC1CCCC1)C1(CCCC1)Cc1ccccc1-2. The second-order valence-electron chi connectivity index (χ2n) is 9.60. The standard InChI is InChI=1S/C26H32N2O3S/c1-2-31-21(29)17-32-25-27-23-20-12-6-5-11-19(20)15-26(13-7-8-14-26)22(23)24(30)28(25)16-18-9-3-4-10-18/h5-6,11-12,18H,2-4,7-10,13-17H2,1H3. The van der Waals surface area contributed by atoms with E-state index in [9.17, 15) is 9.59 Å². The number of thioether (sulfide) groups is 1. The summed E-state index contributed by atoms with van der Waals surface area (Å²) in [5.41, 5.74) is 4.21. The molecule has 0 aliphatic heterocycles. The number of fused-ring (bicyclic) bond motifs is 4. The van der Waals surface area contributed by atoms with Crippen LogP contribution in [-0.2, 0) is 27.9 Å². The molecule has 0 saturated heterocycles. The number of rotatable bonds is 6. The van der Waals surface area contributed by atoms with Crippen LogP contribution in [-0.4, -0.2) is 27.9 Å². The predicted octanol–water partition coefficient (Wildman–Crippen LogP) is 5.12. The molecular formula is C26H32N2O3S. The van der Waals surface area contributed by atoms with E-state index in [1.165, 1.54) is 55.9 Å². The molecule has 0 amide bonds. The normalized spacial score (nSPS) is 19.2. The number of hydrogen-bond donors (Lipinski definition) is 0. The molecule has 0 atom stereocenters. The Morgan fingerprint density at radius 1 is 1.19 bits per heavy atom. The lowest BCUT2D eigenvalue weighted by Crippen LogP contribution is -2.41. The lowest BCUT2D eigenvalue weighted by molar-refractivity contribution is -0.139. The summed E-state index contributed by atoms with van der Waals surface area (Å²) < 4.78 is 7.05. The van der Waals surface area contributed by atoms with E-state index in [2.05, 4.69) is 18.2 Å². The van der Waals surface area contributed by atoms with E-state index in [1.807, 2.05) is 17.6 Å². The monoisotopic (exact) mass is 452 g/mol. The van der Waals surface area contributed by atoms with Gasteiger partial charge in [-0.25, -0.2) is 4.98 Å². The summed E-state index contributed by atoms with van der Waals surface area (Å²) in [6.45, 7) is 2.89. The van der Waals surface area contributed by atoms with Crippen molar-refractivity contribution < 1.29 is 9.53 Å². The van der Waals surface area contributed by atoms with Crippen molar-refractivity contribution in [2.75, 3.05) is 12.4 Å². The van der Waals surface area contributed by atoms with Crippen molar-refractivity contribution in [3.63, 3.8) is 0 Å². The fraction of sp³-hybridized carbons (Fsp3) is 0.577. The number of ether oxygens (including phenoxy) is 1. The smallest absolute Gasteiger partial charge is 0.316 e. The third-order valence-electron chi connectivity index (χ3n) is 7.57. The molecule has 1 spiro atoms. The maximum atomic E-state index is 14.2. The summed E-state index contributed by atoms with van der Waals surface area (Å²) in [6, 6.07) is 8.41. The van der Waals surface area contributed by atoms with Crippen molar-refractivity contribution in [3.8, 4) is 11.3 Å². The molecule has 2 fully saturated rings. The molecule has 0 unspecified atom stereocenters. The fourth-order valence-corrected chi connectivity index (χ4v) is 6.89. The molecule has 3 aliphatic carbocycles. The third-order valence-corrected chi connectivity index (χ3v) is 8.52. The quantitative estimate of drug-likeness (QED) is 0.346. The van der Waals surface area contributed by atoms with Crippen LogP contribution in [0, 0.1) is 5.92 Å². The van der Waals surface area contributed by atoms with Crippen LogP contribution in [0.15, 0.2) is 34.2 Å². The zero-order chi connectivity index (χ0) is 22.1. The zero-order valence-electron chi connectivity index (χ0n) is 18.9. The van der Waals surface area contributed by atoms with Gasteiger partial charge in [0.2, 0.25) is 0 Å². The molecule has 170 valence electrons. The van der Waals surface area contributed by atoms with Crippen LogP contribution in [0.1, 0.15) is 69.4 Å². The minimum absolute atomic E-state index is 0.0878. The summed E-state index contributed by atoms with van der Waals surface area (Å²) >= 11 is 1.35. The highest BCUT2D eigenvalue weighted by Crippen LogP contribution is 2.50. The van der Waals surface area contributed by atoms with Crippen LogP contribution < -0.4 is 5.56 Å². The molecule has 5 nitrogen and oxygen atoms in total. The van der Waals surface area contributed by atoms with Crippen LogP contribution in [0.5, 0.6) is 0 Å². The van der Waals surface area contributed by atoms with E-state index >= 15 is 0 Å². The van der Waals surface area contributed by atoms with E-state index < -0.39 is 0 Å². The third kappa shape index (κ3) is 3.91. The number of carbonyl (C=O) groups excluding carboxylic acids is 1. The van der Waals surface area contributed by atoms with Gasteiger partial charge in [-0.15, -0.1) is 0 Å². The second kappa shape index (κ2) is 9.05. The highest BCUT2D eigenvalue weighted by Gasteiger charge is 2.44. The molecule has 1 aromatic heterocycles. The van der Waals surface area contributed by atoms with Crippen molar-refractivity contribution >= 4 is 17.7 Å². The van der Waals surface area contributed by atoms with Crippen molar-refractivity contribution in [1.82, 2.24) is 9.55 Å². The summed E-state index contributed by atoms with van der Waals surface area (Å²) in [6.07, 6.45) is 10.2. The van der Waals surface area contributed by atoms with E-state index in [0.717, 1.165) is 36.1 Å². The lowest BCUT2D eigenvalue weighted by Gasteiger charge is -2.36. The maximum Gasteiger partial charge on any atom is 0.316 e. The Bertz CT molecular complexity index is 1070. The Morgan fingerprint density at radius 2 is 1.94 bits per heavy atom. The van der Waals surface area contributed by atoms with Gasteiger partial charge < -0.3 is 4.74 Å². The number of carbonyl (C=O) groups is 1. The Kier molecular flexibility index (Phi) is 6.15. The Morgan fingerprint density at radius 3 is 2.69 bits per heavy atom. The van der Waals surface area contributed by atoms with E-state index in [0.29, 0.717) is 24.2 Å². The van der Waals surface area contributed by atoms with E-state index in [-0.39, 0.29) is 22.7 Å². The summed E-state index contributed by atoms with van der Waals surface area (Å²) in [5.74, 6) is 0.436. The van der Waals surface area contributed by atoms with Crippen molar-refractivity contribution in [2.45, 2.75) is 81.8 Å². The lowest BCUT2D eigenvalue weighted by atomic mass is 9.68. The van der Waals surface area contributed by atoms with Gasteiger partial charge in [0.1, 0.15) is 0 Å². The van der Waals surface area contributed by atoms with Crippen molar-refractivity contribution in [1.29, 1.82) is 0 Å². The topological polar surface area (TPSA) is 61.2 Å². The first-order valence-electron chi connectivity index (χ1n) is 12.1. The Labute approximate surface area is 194 Å². The molecule has 32 heavy (non-hydrogen) atoms. The van der Waals surface area contributed by atoms with E-state index in [1.54, 1.807) is 0 Å². The number of esters is 1. The predicted molar refractivity (Wildman–Crippen MR) is 127 cm³/mol. The fourth-order valence-electron chi connectivity index (χ4n) is 6.09. The van der Waals surface area contributed by atoms with Gasteiger partial charge in [-0.3, -0.25) is 14.2 Å². The second-order valence-corrected chi connectivity index (χ2v) is 10.5. The number of benzene rings is 1. The number of hydrogen-bond acceptors (Lipinski definition) is 5. The molecule has 6 heteroatoms. The highest BCUT2D eigenvalue weighted by atomic mass is 32.2. The minimum atomic E-state index is -0.260. The largest absolute Gasteiger partial charge is 0.465 e. The van der Waals surface area contributed by atoms with Crippen LogP contribution in [0.3, 0.4) is 0 Å². The molecule has 1 aromatic carbocycles. The van der Waals surface area contributed by atoms with Crippen molar-refractivity contribution in [3.05, 3.63) is 45.7 Å². The van der Waals surface area contributed by atoms with Crippen LogP contribution in [0.25, 0.3) is 11.3 Å². The molecule has 2 saturated carbocycles. The number of aromatic nitrogens is 2. The minimum Gasteiger partial charge on any atom is -0.465 e. The van der Waals surface area contributed by atoms with Gasteiger partial charge in [-0.05, 0) is 50.5 Å². The molecule has 2 aromatic rings. The zero-order valence-corrected chi connectivity index (χ0v) is 19.7. The maximum absolute atomic E-state index is 14.2. The van der Waals surface area contributed by atoms with Crippen LogP contribution >= 0.6 is 11.8 Å².